The minimum Gasteiger partial charge on any atom is -0.231 e. The van der Waals surface area contributed by atoms with E-state index in [2.05, 4.69) is 32.6 Å². The Morgan fingerprint density at radius 2 is 1.64 bits per heavy atom. The molecule has 1 aromatic heterocycles. The van der Waals surface area contributed by atoms with Crippen molar-refractivity contribution < 1.29 is 0 Å². The van der Waals surface area contributed by atoms with Crippen LogP contribution in [0.15, 0.2) is 12.1 Å². The Bertz CT molecular complexity index is 515. The van der Waals surface area contributed by atoms with Gasteiger partial charge >= 0.3 is 0 Å². The Morgan fingerprint density at radius 1 is 1.00 bits per heavy atom. The van der Waals surface area contributed by atoms with Gasteiger partial charge in [-0.2, -0.15) is 0 Å². The number of benzene rings is 1. The fraction of sp³-hybridized carbons (Fsp3) is 0. The second kappa shape index (κ2) is 3.96. The van der Waals surface area contributed by atoms with Gasteiger partial charge in [0.05, 0.1) is 5.52 Å². The quantitative estimate of drug-likeness (QED) is 0.659. The summed E-state index contributed by atoms with van der Waals surface area (Å²) in [6.07, 6.45) is 0. The zero-order valence-electron chi connectivity index (χ0n) is 6.56. The molecule has 2 nitrogen and oxygen atoms in total. The number of rotatable bonds is 0. The number of hydrogen-bond donors (Lipinski definition) is 0. The molecule has 0 unspecified atom stereocenters. The van der Waals surface area contributed by atoms with Gasteiger partial charge in [-0.3, -0.25) is 0 Å². The lowest BCUT2D eigenvalue weighted by Gasteiger charge is -2.02. The molecule has 0 radical (unpaired) electrons. The van der Waals surface area contributed by atoms with Crippen LogP contribution in [-0.4, -0.2) is 9.97 Å². The van der Waals surface area contributed by atoms with Gasteiger partial charge in [0, 0.05) is 8.59 Å². The van der Waals surface area contributed by atoms with E-state index in [9.17, 15) is 0 Å². The summed E-state index contributed by atoms with van der Waals surface area (Å²) < 4.78 is 0.899. The molecule has 72 valence electrons. The second-order valence-corrected chi connectivity index (χ2v) is 4.88. The molecule has 0 N–H and O–H groups in total. The SMILES string of the molecule is Clc1cc(I)c2nc(Cl)c(Cl)nc2c1. The monoisotopic (exact) mass is 358 g/mol. The van der Waals surface area contributed by atoms with Crippen molar-refractivity contribution in [1.29, 1.82) is 0 Å². The highest BCUT2D eigenvalue weighted by atomic mass is 127. The van der Waals surface area contributed by atoms with Crippen molar-refractivity contribution in [3.8, 4) is 0 Å². The molecule has 0 aliphatic carbocycles. The summed E-state index contributed by atoms with van der Waals surface area (Å²) in [5.41, 5.74) is 1.36. The van der Waals surface area contributed by atoms with E-state index >= 15 is 0 Å². The summed E-state index contributed by atoms with van der Waals surface area (Å²) in [7, 11) is 0. The molecule has 0 bridgehead atoms. The van der Waals surface area contributed by atoms with Gasteiger partial charge in [-0.25, -0.2) is 9.97 Å². The predicted molar refractivity (Wildman–Crippen MR) is 67.3 cm³/mol. The van der Waals surface area contributed by atoms with Crippen molar-refractivity contribution >= 4 is 68.4 Å². The predicted octanol–water partition coefficient (Wildman–Crippen LogP) is 4.19. The minimum atomic E-state index is 0.192. The van der Waals surface area contributed by atoms with E-state index in [0.29, 0.717) is 16.1 Å². The first-order chi connectivity index (χ1) is 6.58. The summed E-state index contributed by atoms with van der Waals surface area (Å²) in [4.78, 5) is 8.20. The number of nitrogens with zero attached hydrogens (tertiary/aromatic N) is 2. The highest BCUT2D eigenvalue weighted by Gasteiger charge is 2.08. The topological polar surface area (TPSA) is 25.8 Å². The molecular formula is C8H2Cl3IN2. The average Bonchev–Trinajstić information content (AvgIpc) is 2.08. The lowest BCUT2D eigenvalue weighted by atomic mass is 10.3. The smallest absolute Gasteiger partial charge is 0.167 e. The number of hydrogen-bond acceptors (Lipinski definition) is 2. The maximum absolute atomic E-state index is 5.87. The summed E-state index contributed by atoms with van der Waals surface area (Å²) in [6, 6.07) is 3.50. The maximum Gasteiger partial charge on any atom is 0.167 e. The van der Waals surface area contributed by atoms with Crippen molar-refractivity contribution in [1.82, 2.24) is 9.97 Å². The van der Waals surface area contributed by atoms with Crippen molar-refractivity contribution in [3.05, 3.63) is 31.0 Å². The maximum atomic E-state index is 5.87. The van der Waals surface area contributed by atoms with E-state index in [1.165, 1.54) is 0 Å². The second-order valence-electron chi connectivity index (χ2n) is 2.56. The molecule has 0 aliphatic rings. The van der Waals surface area contributed by atoms with Gasteiger partial charge in [0.2, 0.25) is 0 Å². The molecule has 2 rings (SSSR count). The fourth-order valence-corrected chi connectivity index (χ4v) is 2.43. The van der Waals surface area contributed by atoms with Gasteiger partial charge in [-0.15, -0.1) is 0 Å². The lowest BCUT2D eigenvalue weighted by molar-refractivity contribution is 1.29. The Hall–Kier alpha value is 0.160. The molecule has 0 amide bonds. The van der Waals surface area contributed by atoms with Crippen LogP contribution in [0.4, 0.5) is 0 Å². The molecule has 0 fully saturated rings. The van der Waals surface area contributed by atoms with Crippen LogP contribution in [0.5, 0.6) is 0 Å². The molecule has 14 heavy (non-hydrogen) atoms. The molecule has 1 aromatic carbocycles. The van der Waals surface area contributed by atoms with Gasteiger partial charge in [-0.1, -0.05) is 34.8 Å². The molecular weight excluding hydrogens is 357 g/mol. The molecule has 1 heterocycles. The fourth-order valence-electron chi connectivity index (χ4n) is 1.04. The van der Waals surface area contributed by atoms with Crippen LogP contribution in [0.25, 0.3) is 11.0 Å². The van der Waals surface area contributed by atoms with Crippen LogP contribution in [0.1, 0.15) is 0 Å². The molecule has 0 aliphatic heterocycles. The summed E-state index contributed by atoms with van der Waals surface area (Å²) in [5.74, 6) is 0. The first-order valence-corrected chi connectivity index (χ1v) is 5.77. The van der Waals surface area contributed by atoms with E-state index in [-0.39, 0.29) is 10.3 Å². The van der Waals surface area contributed by atoms with Crippen LogP contribution in [0, 0.1) is 3.57 Å². The lowest BCUT2D eigenvalue weighted by Crippen LogP contribution is -1.89. The molecule has 0 spiro atoms. The van der Waals surface area contributed by atoms with Crippen molar-refractivity contribution in [3.63, 3.8) is 0 Å². The van der Waals surface area contributed by atoms with Crippen molar-refractivity contribution in [2.75, 3.05) is 0 Å². The van der Waals surface area contributed by atoms with Gasteiger partial charge < -0.3 is 0 Å². The summed E-state index contributed by atoms with van der Waals surface area (Å²) >= 11 is 19.5. The van der Waals surface area contributed by atoms with E-state index in [4.69, 9.17) is 34.8 Å². The number of halogens is 4. The van der Waals surface area contributed by atoms with Crippen molar-refractivity contribution in [2.45, 2.75) is 0 Å². The van der Waals surface area contributed by atoms with E-state index in [1.807, 2.05) is 0 Å². The van der Waals surface area contributed by atoms with Crippen LogP contribution in [0.3, 0.4) is 0 Å². The largest absolute Gasteiger partial charge is 0.231 e. The van der Waals surface area contributed by atoms with Crippen LogP contribution < -0.4 is 0 Å². The van der Waals surface area contributed by atoms with Gasteiger partial charge in [0.1, 0.15) is 5.52 Å². The third kappa shape index (κ3) is 1.91. The molecule has 0 saturated heterocycles. The Kier molecular flexibility index (Phi) is 3.02. The summed E-state index contributed by atoms with van der Waals surface area (Å²) in [5, 5.41) is 1.01. The standard InChI is InChI=1S/C8H2Cl3IN2/c9-3-1-4(12)6-5(2-3)13-7(10)8(11)14-6/h1-2H. The van der Waals surface area contributed by atoms with Gasteiger partial charge in [0.15, 0.2) is 10.3 Å². The molecule has 2 aromatic rings. The third-order valence-corrected chi connectivity index (χ3v) is 3.27. The van der Waals surface area contributed by atoms with Crippen LogP contribution in [-0.2, 0) is 0 Å². The highest BCUT2D eigenvalue weighted by Crippen LogP contribution is 2.26. The summed E-state index contributed by atoms with van der Waals surface area (Å²) in [6.45, 7) is 0. The molecule has 6 heteroatoms. The Labute approximate surface area is 109 Å². The zero-order valence-corrected chi connectivity index (χ0v) is 11.0. The molecule has 0 atom stereocenters. The molecule has 0 saturated carbocycles. The third-order valence-electron chi connectivity index (χ3n) is 1.61. The van der Waals surface area contributed by atoms with Crippen LogP contribution in [0.2, 0.25) is 15.3 Å². The van der Waals surface area contributed by atoms with E-state index in [1.54, 1.807) is 12.1 Å². The highest BCUT2D eigenvalue weighted by molar-refractivity contribution is 14.1. The number of fused-ring (bicyclic) bond motifs is 1. The number of aromatic nitrogens is 2. The first kappa shape index (κ1) is 10.7. The van der Waals surface area contributed by atoms with Crippen LogP contribution >= 0.6 is 57.4 Å². The Balaban J connectivity index is 2.89. The average molecular weight is 359 g/mol. The normalized spacial score (nSPS) is 10.9. The van der Waals surface area contributed by atoms with E-state index in [0.717, 1.165) is 3.57 Å². The first-order valence-electron chi connectivity index (χ1n) is 3.56. The Morgan fingerprint density at radius 3 is 2.36 bits per heavy atom. The van der Waals surface area contributed by atoms with Gasteiger partial charge in [0.25, 0.3) is 0 Å². The van der Waals surface area contributed by atoms with E-state index < -0.39 is 0 Å². The van der Waals surface area contributed by atoms with Gasteiger partial charge in [-0.05, 0) is 34.7 Å². The zero-order chi connectivity index (χ0) is 10.3. The van der Waals surface area contributed by atoms with Crippen molar-refractivity contribution in [2.24, 2.45) is 0 Å². The minimum absolute atomic E-state index is 0.192.